The van der Waals surface area contributed by atoms with Gasteiger partial charge in [0.15, 0.2) is 0 Å². The van der Waals surface area contributed by atoms with Crippen LogP contribution in [-0.2, 0) is 4.79 Å². The summed E-state index contributed by atoms with van der Waals surface area (Å²) in [5.41, 5.74) is 0. The first kappa shape index (κ1) is 15.4. The Morgan fingerprint density at radius 1 is 1.26 bits per heavy atom. The van der Waals surface area contributed by atoms with Gasteiger partial charge in [0, 0.05) is 18.0 Å². The molecule has 0 aliphatic rings. The number of nitrogens with zero attached hydrogens (tertiary/aromatic N) is 1. The normalized spacial score (nSPS) is 9.74. The monoisotopic (exact) mass is 277 g/mol. The number of rotatable bonds is 8. The number of thioether (sulfide) groups is 1. The molecular formula is C15H19NO2S. The first-order valence-electron chi connectivity index (χ1n) is 5.97. The number of methoxy groups -OCH3 is 1. The third-order valence-corrected chi connectivity index (χ3v) is 3.47. The number of benzene rings is 1. The fourth-order valence-electron chi connectivity index (χ4n) is 1.50. The Labute approximate surface area is 118 Å². The molecule has 0 N–H and O–H groups in total. The predicted octanol–water partition coefficient (Wildman–Crippen LogP) is 2.99. The van der Waals surface area contributed by atoms with Gasteiger partial charge in [-0.25, -0.2) is 0 Å². The van der Waals surface area contributed by atoms with Crippen LogP contribution in [0.2, 0.25) is 0 Å². The highest BCUT2D eigenvalue weighted by Crippen LogP contribution is 2.21. The highest BCUT2D eigenvalue weighted by atomic mass is 32.2. The van der Waals surface area contributed by atoms with Crippen molar-refractivity contribution in [3.8, 4) is 5.75 Å². The molecule has 4 heteroatoms. The zero-order chi connectivity index (χ0) is 14.1. The molecule has 0 heterocycles. The molecule has 0 unspecified atom stereocenters. The predicted molar refractivity (Wildman–Crippen MR) is 80.7 cm³/mol. The molecule has 0 fully saturated rings. The van der Waals surface area contributed by atoms with Crippen LogP contribution >= 0.6 is 11.8 Å². The molecule has 1 aromatic rings. The fraction of sp³-hybridized carbons (Fsp3) is 0.267. The van der Waals surface area contributed by atoms with Crippen molar-refractivity contribution >= 4 is 17.7 Å². The van der Waals surface area contributed by atoms with Crippen LogP contribution in [0.4, 0.5) is 0 Å². The van der Waals surface area contributed by atoms with Crippen molar-refractivity contribution < 1.29 is 9.53 Å². The number of hydrogen-bond donors (Lipinski definition) is 0. The van der Waals surface area contributed by atoms with Gasteiger partial charge in [0.2, 0.25) is 5.91 Å². The van der Waals surface area contributed by atoms with E-state index < -0.39 is 0 Å². The lowest BCUT2D eigenvalue weighted by atomic mass is 10.3. The first-order chi connectivity index (χ1) is 9.21. The highest BCUT2D eigenvalue weighted by Gasteiger charge is 2.10. The number of ether oxygens (including phenoxy) is 1. The van der Waals surface area contributed by atoms with Crippen LogP contribution in [0.25, 0.3) is 0 Å². The quantitative estimate of drug-likeness (QED) is 0.540. The lowest BCUT2D eigenvalue weighted by Crippen LogP contribution is -2.32. The van der Waals surface area contributed by atoms with Crippen molar-refractivity contribution in [1.29, 1.82) is 0 Å². The number of hydrogen-bond acceptors (Lipinski definition) is 3. The van der Waals surface area contributed by atoms with Crippen molar-refractivity contribution in [3.63, 3.8) is 0 Å². The maximum atomic E-state index is 12.0. The number of amides is 1. The van der Waals surface area contributed by atoms with E-state index in [9.17, 15) is 4.79 Å². The molecule has 0 atom stereocenters. The van der Waals surface area contributed by atoms with E-state index in [0.29, 0.717) is 18.8 Å². The topological polar surface area (TPSA) is 29.5 Å². The Morgan fingerprint density at radius 3 is 2.32 bits per heavy atom. The summed E-state index contributed by atoms with van der Waals surface area (Å²) in [6, 6.07) is 7.67. The van der Waals surface area contributed by atoms with Gasteiger partial charge in [0.1, 0.15) is 5.75 Å². The molecule has 19 heavy (non-hydrogen) atoms. The molecule has 102 valence electrons. The van der Waals surface area contributed by atoms with E-state index in [-0.39, 0.29) is 5.91 Å². The van der Waals surface area contributed by atoms with Gasteiger partial charge in [0.25, 0.3) is 0 Å². The van der Waals surface area contributed by atoms with Crippen LogP contribution in [0, 0.1) is 0 Å². The van der Waals surface area contributed by atoms with E-state index >= 15 is 0 Å². The van der Waals surface area contributed by atoms with E-state index in [2.05, 4.69) is 13.2 Å². The van der Waals surface area contributed by atoms with Crippen molar-refractivity contribution in [3.05, 3.63) is 49.6 Å². The smallest absolute Gasteiger partial charge is 0.233 e. The minimum absolute atomic E-state index is 0.0839. The molecule has 0 saturated heterocycles. The molecule has 1 rings (SSSR count). The molecule has 0 aromatic heterocycles. The van der Waals surface area contributed by atoms with E-state index in [1.54, 1.807) is 24.2 Å². The summed E-state index contributed by atoms with van der Waals surface area (Å²) < 4.78 is 5.09. The van der Waals surface area contributed by atoms with Crippen LogP contribution in [0.3, 0.4) is 0 Å². The van der Waals surface area contributed by atoms with Crippen LogP contribution in [-0.4, -0.2) is 36.8 Å². The largest absolute Gasteiger partial charge is 0.497 e. The Kier molecular flexibility index (Phi) is 6.82. The third-order valence-electron chi connectivity index (χ3n) is 2.47. The van der Waals surface area contributed by atoms with Gasteiger partial charge in [-0.2, -0.15) is 0 Å². The molecule has 0 saturated carbocycles. The van der Waals surface area contributed by atoms with Crippen LogP contribution in [0.5, 0.6) is 5.75 Å². The maximum absolute atomic E-state index is 12.0. The van der Waals surface area contributed by atoms with E-state index in [1.807, 2.05) is 24.3 Å². The summed E-state index contributed by atoms with van der Waals surface area (Å²) >= 11 is 1.51. The second kappa shape index (κ2) is 8.43. The second-order valence-electron chi connectivity index (χ2n) is 3.84. The molecule has 1 amide bonds. The van der Waals surface area contributed by atoms with Crippen LogP contribution in [0.15, 0.2) is 54.5 Å². The Morgan fingerprint density at radius 2 is 1.84 bits per heavy atom. The minimum Gasteiger partial charge on any atom is -0.497 e. The summed E-state index contributed by atoms with van der Waals surface area (Å²) in [5.74, 6) is 1.31. The zero-order valence-electron chi connectivity index (χ0n) is 11.2. The summed E-state index contributed by atoms with van der Waals surface area (Å²) in [4.78, 5) is 14.8. The van der Waals surface area contributed by atoms with Crippen molar-refractivity contribution in [2.24, 2.45) is 0 Å². The molecular weight excluding hydrogens is 258 g/mol. The Hall–Kier alpha value is -1.68. The molecule has 0 radical (unpaired) electrons. The van der Waals surface area contributed by atoms with E-state index in [4.69, 9.17) is 4.74 Å². The van der Waals surface area contributed by atoms with Crippen LogP contribution in [0.1, 0.15) is 0 Å². The minimum atomic E-state index is 0.0839. The van der Waals surface area contributed by atoms with Gasteiger partial charge in [0.05, 0.1) is 12.9 Å². The summed E-state index contributed by atoms with van der Waals surface area (Å²) in [5, 5.41) is 0. The summed E-state index contributed by atoms with van der Waals surface area (Å²) in [6.45, 7) is 8.41. The summed E-state index contributed by atoms with van der Waals surface area (Å²) in [7, 11) is 1.63. The average Bonchev–Trinajstić information content (AvgIpc) is 2.45. The SMILES string of the molecule is C=CCN(CC=C)C(=O)CSc1ccc(OC)cc1. The van der Waals surface area contributed by atoms with Crippen LogP contribution < -0.4 is 4.74 Å². The van der Waals surface area contributed by atoms with Crippen molar-refractivity contribution in [2.45, 2.75) is 4.90 Å². The maximum Gasteiger partial charge on any atom is 0.233 e. The van der Waals surface area contributed by atoms with E-state index in [0.717, 1.165) is 10.6 Å². The standard InChI is InChI=1S/C15H19NO2S/c1-4-10-16(11-5-2)15(17)12-19-14-8-6-13(18-3)7-9-14/h4-9H,1-2,10-12H2,3H3. The Balaban J connectivity index is 2.51. The van der Waals surface area contributed by atoms with Gasteiger partial charge in [-0.3, -0.25) is 4.79 Å². The lowest BCUT2D eigenvalue weighted by molar-refractivity contribution is -0.127. The molecule has 0 bridgehead atoms. The third kappa shape index (κ3) is 5.22. The van der Waals surface area contributed by atoms with Gasteiger partial charge in [-0.15, -0.1) is 24.9 Å². The average molecular weight is 277 g/mol. The number of carbonyl (C=O) groups excluding carboxylic acids is 1. The van der Waals surface area contributed by atoms with Crippen molar-refractivity contribution in [2.75, 3.05) is 26.0 Å². The lowest BCUT2D eigenvalue weighted by Gasteiger charge is -2.18. The highest BCUT2D eigenvalue weighted by molar-refractivity contribution is 8.00. The fourth-order valence-corrected chi connectivity index (χ4v) is 2.30. The molecule has 0 aliphatic heterocycles. The van der Waals surface area contributed by atoms with Crippen molar-refractivity contribution in [1.82, 2.24) is 4.90 Å². The zero-order valence-corrected chi connectivity index (χ0v) is 12.0. The molecule has 0 aliphatic carbocycles. The molecule has 1 aromatic carbocycles. The second-order valence-corrected chi connectivity index (χ2v) is 4.89. The van der Waals surface area contributed by atoms with Gasteiger partial charge in [-0.05, 0) is 24.3 Å². The van der Waals surface area contributed by atoms with Gasteiger partial charge >= 0.3 is 0 Å². The summed E-state index contributed by atoms with van der Waals surface area (Å²) in [6.07, 6.45) is 3.44. The number of carbonyl (C=O) groups is 1. The first-order valence-corrected chi connectivity index (χ1v) is 6.96. The van der Waals surface area contributed by atoms with Gasteiger partial charge in [-0.1, -0.05) is 12.2 Å². The molecule has 3 nitrogen and oxygen atoms in total. The molecule has 0 spiro atoms. The van der Waals surface area contributed by atoms with Gasteiger partial charge < -0.3 is 9.64 Å². The Bertz CT molecular complexity index is 418. The van der Waals surface area contributed by atoms with E-state index in [1.165, 1.54) is 11.8 Å².